The van der Waals surface area contributed by atoms with Gasteiger partial charge >= 0.3 is 0 Å². The van der Waals surface area contributed by atoms with E-state index >= 15 is 0 Å². The maximum absolute atomic E-state index is 13.0. The lowest BCUT2D eigenvalue weighted by Gasteiger charge is -2.32. The molecule has 0 bridgehead atoms. The molecule has 5 heteroatoms. The van der Waals surface area contributed by atoms with Gasteiger partial charge in [0.1, 0.15) is 5.82 Å². The van der Waals surface area contributed by atoms with Gasteiger partial charge in [-0.2, -0.15) is 0 Å². The highest BCUT2D eigenvalue weighted by Crippen LogP contribution is 2.30. The monoisotopic (exact) mass is 227 g/mol. The van der Waals surface area contributed by atoms with E-state index in [4.69, 9.17) is 5.73 Å². The number of piperidine rings is 1. The number of alkyl halides is 2. The summed E-state index contributed by atoms with van der Waals surface area (Å²) in [6.07, 6.45) is -0.198. The number of pyridine rings is 1. The van der Waals surface area contributed by atoms with Crippen LogP contribution in [0.25, 0.3) is 0 Å². The number of aromatic nitrogens is 1. The van der Waals surface area contributed by atoms with Crippen molar-refractivity contribution >= 4 is 11.5 Å². The van der Waals surface area contributed by atoms with E-state index in [-0.39, 0.29) is 12.8 Å². The molecule has 0 atom stereocenters. The summed E-state index contributed by atoms with van der Waals surface area (Å²) in [6.45, 7) is 2.52. The molecule has 16 heavy (non-hydrogen) atoms. The molecule has 1 fully saturated rings. The van der Waals surface area contributed by atoms with Crippen molar-refractivity contribution in [3.05, 3.63) is 17.8 Å². The third-order valence-electron chi connectivity index (χ3n) is 2.93. The van der Waals surface area contributed by atoms with Gasteiger partial charge in [-0.05, 0) is 19.1 Å². The number of nitrogens with two attached hydrogens (primary N) is 1. The number of nitrogen functional groups attached to an aromatic ring is 1. The van der Waals surface area contributed by atoms with Gasteiger partial charge in [-0.15, -0.1) is 0 Å². The molecule has 0 aromatic carbocycles. The Labute approximate surface area is 93.3 Å². The zero-order valence-electron chi connectivity index (χ0n) is 9.21. The SMILES string of the molecule is Cc1nc(N2CCC(F)(F)CC2)ccc1N. The minimum Gasteiger partial charge on any atom is -0.397 e. The molecule has 3 nitrogen and oxygen atoms in total. The number of nitrogens with zero attached hydrogens (tertiary/aromatic N) is 2. The van der Waals surface area contributed by atoms with Crippen molar-refractivity contribution in [3.63, 3.8) is 0 Å². The molecule has 0 saturated carbocycles. The highest BCUT2D eigenvalue weighted by Gasteiger charge is 2.34. The third-order valence-corrected chi connectivity index (χ3v) is 2.93. The lowest BCUT2D eigenvalue weighted by molar-refractivity contribution is -0.0221. The van der Waals surface area contributed by atoms with Gasteiger partial charge in [0.05, 0.1) is 11.4 Å². The summed E-state index contributed by atoms with van der Waals surface area (Å²) in [5.41, 5.74) is 7.04. The van der Waals surface area contributed by atoms with Crippen molar-refractivity contribution < 1.29 is 8.78 Å². The molecule has 0 amide bonds. The molecule has 0 radical (unpaired) electrons. The number of anilines is 2. The van der Waals surface area contributed by atoms with Crippen LogP contribution in [0.2, 0.25) is 0 Å². The van der Waals surface area contributed by atoms with Gasteiger partial charge < -0.3 is 10.6 Å². The van der Waals surface area contributed by atoms with E-state index in [9.17, 15) is 8.78 Å². The van der Waals surface area contributed by atoms with Gasteiger partial charge in [0.15, 0.2) is 0 Å². The highest BCUT2D eigenvalue weighted by atomic mass is 19.3. The Balaban J connectivity index is 2.11. The molecule has 1 aliphatic rings. The lowest BCUT2D eigenvalue weighted by Crippen LogP contribution is -2.39. The van der Waals surface area contributed by atoms with E-state index in [0.717, 1.165) is 11.5 Å². The zero-order chi connectivity index (χ0) is 11.8. The number of halogens is 2. The Hall–Kier alpha value is -1.39. The van der Waals surface area contributed by atoms with Crippen molar-refractivity contribution in [2.24, 2.45) is 0 Å². The summed E-state index contributed by atoms with van der Waals surface area (Å²) in [4.78, 5) is 6.18. The fraction of sp³-hybridized carbons (Fsp3) is 0.545. The molecule has 1 aromatic heterocycles. The van der Waals surface area contributed by atoms with E-state index < -0.39 is 5.92 Å². The van der Waals surface area contributed by atoms with Crippen LogP contribution < -0.4 is 10.6 Å². The number of aryl methyl sites for hydroxylation is 1. The molecular formula is C11H15F2N3. The molecule has 0 unspecified atom stereocenters. The normalized spacial score (nSPS) is 19.8. The second-order valence-corrected chi connectivity index (χ2v) is 4.19. The minimum absolute atomic E-state index is 0.0991. The summed E-state index contributed by atoms with van der Waals surface area (Å²) in [5.74, 6) is -1.78. The molecule has 88 valence electrons. The quantitative estimate of drug-likeness (QED) is 0.799. The Morgan fingerprint density at radius 2 is 1.94 bits per heavy atom. The van der Waals surface area contributed by atoms with E-state index in [1.54, 1.807) is 12.1 Å². The summed E-state index contributed by atoms with van der Waals surface area (Å²) in [6, 6.07) is 3.55. The van der Waals surface area contributed by atoms with Gasteiger partial charge in [0.2, 0.25) is 0 Å². The van der Waals surface area contributed by atoms with Crippen LogP contribution in [0, 0.1) is 6.92 Å². The van der Waals surface area contributed by atoms with Gasteiger partial charge in [-0.1, -0.05) is 0 Å². The Bertz CT molecular complexity index is 383. The number of hydrogen-bond acceptors (Lipinski definition) is 3. The first-order valence-electron chi connectivity index (χ1n) is 5.34. The summed E-state index contributed by atoms with van der Waals surface area (Å²) in [5, 5.41) is 0. The second kappa shape index (κ2) is 3.88. The van der Waals surface area contributed by atoms with Crippen molar-refractivity contribution in [1.29, 1.82) is 0 Å². The molecule has 1 aromatic rings. The summed E-state index contributed by atoms with van der Waals surface area (Å²) in [7, 11) is 0. The standard InChI is InChI=1S/C11H15F2N3/c1-8-9(14)2-3-10(15-8)16-6-4-11(12,13)5-7-16/h2-3H,4-7,14H2,1H3. The number of rotatable bonds is 1. The molecule has 2 N–H and O–H groups in total. The van der Waals surface area contributed by atoms with Gasteiger partial charge in [-0.3, -0.25) is 0 Å². The van der Waals surface area contributed by atoms with Gasteiger partial charge in [0, 0.05) is 25.9 Å². The van der Waals surface area contributed by atoms with E-state index in [2.05, 4.69) is 4.98 Å². The minimum atomic E-state index is -2.51. The molecule has 1 saturated heterocycles. The molecular weight excluding hydrogens is 212 g/mol. The fourth-order valence-corrected chi connectivity index (χ4v) is 1.80. The first kappa shape index (κ1) is 11.1. The van der Waals surface area contributed by atoms with Crippen LogP contribution in [0.3, 0.4) is 0 Å². The molecule has 0 spiro atoms. The zero-order valence-corrected chi connectivity index (χ0v) is 9.21. The van der Waals surface area contributed by atoms with E-state index in [1.165, 1.54) is 0 Å². The Morgan fingerprint density at radius 3 is 2.50 bits per heavy atom. The van der Waals surface area contributed by atoms with Crippen LogP contribution in [-0.2, 0) is 0 Å². The van der Waals surface area contributed by atoms with Gasteiger partial charge in [0.25, 0.3) is 5.92 Å². The van der Waals surface area contributed by atoms with Crippen LogP contribution in [0.1, 0.15) is 18.5 Å². The maximum Gasteiger partial charge on any atom is 0.251 e. The summed E-state index contributed by atoms with van der Waals surface area (Å²) >= 11 is 0. The van der Waals surface area contributed by atoms with Crippen LogP contribution in [-0.4, -0.2) is 24.0 Å². The van der Waals surface area contributed by atoms with Crippen molar-refractivity contribution in [2.75, 3.05) is 23.7 Å². The summed E-state index contributed by atoms with van der Waals surface area (Å²) < 4.78 is 25.9. The van der Waals surface area contributed by atoms with Crippen LogP contribution >= 0.6 is 0 Å². The van der Waals surface area contributed by atoms with Crippen LogP contribution in [0.4, 0.5) is 20.3 Å². The van der Waals surface area contributed by atoms with E-state index in [1.807, 2.05) is 11.8 Å². The van der Waals surface area contributed by atoms with Crippen molar-refractivity contribution in [2.45, 2.75) is 25.7 Å². The predicted molar refractivity (Wildman–Crippen MR) is 59.8 cm³/mol. The topological polar surface area (TPSA) is 42.2 Å². The van der Waals surface area contributed by atoms with Crippen LogP contribution in [0.15, 0.2) is 12.1 Å². The molecule has 2 rings (SSSR count). The average molecular weight is 227 g/mol. The second-order valence-electron chi connectivity index (χ2n) is 4.19. The largest absolute Gasteiger partial charge is 0.397 e. The lowest BCUT2D eigenvalue weighted by atomic mass is 10.1. The van der Waals surface area contributed by atoms with Crippen LogP contribution in [0.5, 0.6) is 0 Å². The molecule has 1 aliphatic heterocycles. The van der Waals surface area contributed by atoms with Crippen molar-refractivity contribution in [1.82, 2.24) is 4.98 Å². The average Bonchev–Trinajstić information content (AvgIpc) is 2.22. The highest BCUT2D eigenvalue weighted by molar-refractivity contribution is 5.50. The number of hydrogen-bond donors (Lipinski definition) is 1. The molecule has 2 heterocycles. The van der Waals surface area contributed by atoms with Crippen molar-refractivity contribution in [3.8, 4) is 0 Å². The molecule has 0 aliphatic carbocycles. The van der Waals surface area contributed by atoms with Gasteiger partial charge in [-0.25, -0.2) is 13.8 Å². The smallest absolute Gasteiger partial charge is 0.251 e. The fourth-order valence-electron chi connectivity index (χ4n) is 1.80. The maximum atomic E-state index is 13.0. The Kier molecular flexibility index (Phi) is 2.69. The third kappa shape index (κ3) is 2.23. The Morgan fingerprint density at radius 1 is 1.31 bits per heavy atom. The van der Waals surface area contributed by atoms with E-state index in [0.29, 0.717) is 18.8 Å². The predicted octanol–water partition coefficient (Wildman–Crippen LogP) is 2.21. The first-order chi connectivity index (χ1) is 7.48. The first-order valence-corrected chi connectivity index (χ1v) is 5.34.